The fourth-order valence-corrected chi connectivity index (χ4v) is 2.59. The highest BCUT2D eigenvalue weighted by atomic mass is 32.2. The summed E-state index contributed by atoms with van der Waals surface area (Å²) in [6.07, 6.45) is 8.00. The van der Waals surface area contributed by atoms with Crippen molar-refractivity contribution < 1.29 is 8.42 Å². The van der Waals surface area contributed by atoms with Gasteiger partial charge in [0, 0.05) is 6.42 Å². The van der Waals surface area contributed by atoms with Crippen molar-refractivity contribution in [3.63, 3.8) is 0 Å². The second-order valence-corrected chi connectivity index (χ2v) is 5.58. The van der Waals surface area contributed by atoms with E-state index in [9.17, 15) is 8.42 Å². The van der Waals surface area contributed by atoms with Crippen molar-refractivity contribution >= 4 is 17.0 Å². The molecule has 1 aliphatic rings. The average molecular weight is 290 g/mol. The van der Waals surface area contributed by atoms with E-state index in [1.54, 1.807) is 6.08 Å². The summed E-state index contributed by atoms with van der Waals surface area (Å²) in [6, 6.07) is 10.0. The number of thiol groups is 1. The molecule has 1 atom stereocenters. The lowest BCUT2D eigenvalue weighted by Gasteiger charge is -2.26. The lowest BCUT2D eigenvalue weighted by molar-refractivity contribution is 0.488. The highest BCUT2D eigenvalue weighted by Gasteiger charge is 2.23. The van der Waals surface area contributed by atoms with Crippen molar-refractivity contribution in [3.05, 3.63) is 65.3 Å². The molecule has 0 spiro atoms. The second kappa shape index (κ2) is 6.17. The van der Waals surface area contributed by atoms with Gasteiger partial charge in [-0.1, -0.05) is 48.6 Å². The quantitative estimate of drug-likeness (QED) is 0.584. The first-order valence-electron chi connectivity index (χ1n) is 6.33. The zero-order chi connectivity index (χ0) is 14.6. The molecule has 0 saturated carbocycles. The van der Waals surface area contributed by atoms with Gasteiger partial charge in [-0.3, -0.25) is 0 Å². The minimum absolute atomic E-state index is 0.433. The molecule has 1 aromatic carbocycles. The zero-order valence-corrected chi connectivity index (χ0v) is 12.1. The van der Waals surface area contributed by atoms with Crippen LogP contribution in [-0.4, -0.2) is 14.1 Å². The number of hydrogen-bond donors (Lipinski definition) is 3. The van der Waals surface area contributed by atoms with Crippen molar-refractivity contribution in [1.82, 2.24) is 4.72 Å². The van der Waals surface area contributed by atoms with Gasteiger partial charge in [0.1, 0.15) is 5.66 Å². The SMILES string of the molecule is CC(=Cc1ccccc1)C1=CCC(N)(N[SH](=O)=O)C=C1. The van der Waals surface area contributed by atoms with Crippen LogP contribution in [0, 0.1) is 0 Å². The summed E-state index contributed by atoms with van der Waals surface area (Å²) in [5.74, 6) is 0. The lowest BCUT2D eigenvalue weighted by Crippen LogP contribution is -2.51. The van der Waals surface area contributed by atoms with Crippen LogP contribution in [0.1, 0.15) is 18.9 Å². The Balaban J connectivity index is 2.13. The number of benzene rings is 1. The zero-order valence-electron chi connectivity index (χ0n) is 11.2. The summed E-state index contributed by atoms with van der Waals surface area (Å²) < 4.78 is 23.8. The Morgan fingerprint density at radius 2 is 2.05 bits per heavy atom. The second-order valence-electron chi connectivity index (χ2n) is 4.84. The first-order valence-corrected chi connectivity index (χ1v) is 7.50. The predicted molar refractivity (Wildman–Crippen MR) is 82.3 cm³/mol. The standard InChI is InChI=1S/C15H18N2O2S/c1-12(11-13-5-3-2-4-6-13)14-7-9-15(16,10-8-14)17-20(18)19/h2-9,11,20H,10,16H2,1H3,(H,17,18,19). The maximum atomic E-state index is 10.7. The molecule has 106 valence electrons. The summed E-state index contributed by atoms with van der Waals surface area (Å²) in [5.41, 5.74) is 8.22. The maximum absolute atomic E-state index is 10.7. The molecule has 0 heterocycles. The Labute approximate surface area is 120 Å². The van der Waals surface area contributed by atoms with Gasteiger partial charge in [-0.05, 0) is 29.7 Å². The summed E-state index contributed by atoms with van der Waals surface area (Å²) in [7, 11) is -2.71. The van der Waals surface area contributed by atoms with Crippen LogP contribution in [0.15, 0.2) is 59.7 Å². The van der Waals surface area contributed by atoms with E-state index in [0.29, 0.717) is 6.42 Å². The summed E-state index contributed by atoms with van der Waals surface area (Å²) >= 11 is 0. The van der Waals surface area contributed by atoms with Crippen molar-refractivity contribution in [2.45, 2.75) is 19.0 Å². The van der Waals surface area contributed by atoms with E-state index in [2.05, 4.69) is 10.8 Å². The molecule has 1 aromatic rings. The Morgan fingerprint density at radius 1 is 1.35 bits per heavy atom. The molecule has 20 heavy (non-hydrogen) atoms. The van der Waals surface area contributed by atoms with E-state index in [-0.39, 0.29) is 0 Å². The molecule has 0 aliphatic heterocycles. The minimum atomic E-state index is -2.71. The van der Waals surface area contributed by atoms with Crippen molar-refractivity contribution in [2.24, 2.45) is 5.73 Å². The van der Waals surface area contributed by atoms with Gasteiger partial charge in [-0.15, -0.1) is 0 Å². The Kier molecular flexibility index (Phi) is 4.54. The van der Waals surface area contributed by atoms with Gasteiger partial charge in [0.25, 0.3) is 0 Å². The van der Waals surface area contributed by atoms with E-state index in [4.69, 9.17) is 5.73 Å². The minimum Gasteiger partial charge on any atom is -0.309 e. The third-order valence-electron chi connectivity index (χ3n) is 3.16. The third kappa shape index (κ3) is 3.90. The Hall–Kier alpha value is -1.69. The summed E-state index contributed by atoms with van der Waals surface area (Å²) in [6.45, 7) is 2.02. The highest BCUT2D eigenvalue weighted by Crippen LogP contribution is 2.23. The van der Waals surface area contributed by atoms with Crippen LogP contribution >= 0.6 is 0 Å². The van der Waals surface area contributed by atoms with Crippen LogP contribution in [0.4, 0.5) is 0 Å². The monoisotopic (exact) mass is 290 g/mol. The number of allylic oxidation sites excluding steroid dienone is 3. The molecule has 0 fully saturated rings. The molecule has 0 saturated heterocycles. The number of rotatable bonds is 4. The summed E-state index contributed by atoms with van der Waals surface area (Å²) in [5, 5.41) is 0. The van der Waals surface area contributed by atoms with Gasteiger partial charge in [0.05, 0.1) is 0 Å². The van der Waals surface area contributed by atoms with Gasteiger partial charge < -0.3 is 5.73 Å². The van der Waals surface area contributed by atoms with Crippen LogP contribution in [-0.2, 0) is 10.9 Å². The van der Waals surface area contributed by atoms with Gasteiger partial charge in [0.2, 0.25) is 10.9 Å². The highest BCUT2D eigenvalue weighted by molar-refractivity contribution is 7.70. The molecule has 3 N–H and O–H groups in total. The maximum Gasteiger partial charge on any atom is 0.203 e. The third-order valence-corrected chi connectivity index (χ3v) is 3.76. The van der Waals surface area contributed by atoms with Crippen LogP contribution < -0.4 is 10.5 Å². The molecule has 4 nitrogen and oxygen atoms in total. The van der Waals surface area contributed by atoms with Crippen LogP contribution in [0.5, 0.6) is 0 Å². The van der Waals surface area contributed by atoms with Crippen molar-refractivity contribution in [1.29, 1.82) is 0 Å². The van der Waals surface area contributed by atoms with Gasteiger partial charge in [-0.2, -0.15) is 4.72 Å². The van der Waals surface area contributed by atoms with Crippen molar-refractivity contribution in [3.8, 4) is 0 Å². The van der Waals surface area contributed by atoms with E-state index in [1.165, 1.54) is 0 Å². The normalized spacial score (nSPS) is 22.9. The van der Waals surface area contributed by atoms with Crippen LogP contribution in [0.25, 0.3) is 6.08 Å². The largest absolute Gasteiger partial charge is 0.309 e. The molecule has 2 rings (SSSR count). The van der Waals surface area contributed by atoms with E-state index < -0.39 is 16.6 Å². The number of nitrogens with two attached hydrogens (primary N) is 1. The van der Waals surface area contributed by atoms with E-state index in [0.717, 1.165) is 16.7 Å². The first-order chi connectivity index (χ1) is 9.48. The van der Waals surface area contributed by atoms with Gasteiger partial charge in [0.15, 0.2) is 0 Å². The summed E-state index contributed by atoms with van der Waals surface area (Å²) in [4.78, 5) is 0. The van der Waals surface area contributed by atoms with Crippen molar-refractivity contribution in [2.75, 3.05) is 0 Å². The van der Waals surface area contributed by atoms with Crippen LogP contribution in [0.2, 0.25) is 0 Å². The molecule has 1 unspecified atom stereocenters. The van der Waals surface area contributed by atoms with Crippen LogP contribution in [0.3, 0.4) is 0 Å². The molecule has 5 heteroatoms. The first kappa shape index (κ1) is 14.7. The van der Waals surface area contributed by atoms with Gasteiger partial charge in [-0.25, -0.2) is 8.42 Å². The molecule has 0 amide bonds. The molecule has 1 aliphatic carbocycles. The molecule has 0 radical (unpaired) electrons. The fourth-order valence-electron chi connectivity index (χ4n) is 2.08. The van der Waals surface area contributed by atoms with E-state index in [1.807, 2.05) is 49.4 Å². The molecule has 0 aromatic heterocycles. The number of nitrogens with one attached hydrogen (secondary N) is 1. The molecular weight excluding hydrogens is 272 g/mol. The smallest absolute Gasteiger partial charge is 0.203 e. The Morgan fingerprint density at radius 3 is 2.60 bits per heavy atom. The number of hydrogen-bond acceptors (Lipinski definition) is 3. The Bertz CT molecular complexity index is 637. The molecule has 0 bridgehead atoms. The predicted octanol–water partition coefficient (Wildman–Crippen LogP) is 1.75. The molecular formula is C15H18N2O2S. The fraction of sp³-hybridized carbons (Fsp3) is 0.200. The lowest BCUT2D eigenvalue weighted by atomic mass is 9.94. The average Bonchev–Trinajstić information content (AvgIpc) is 2.39. The van der Waals surface area contributed by atoms with E-state index >= 15 is 0 Å². The van der Waals surface area contributed by atoms with Gasteiger partial charge >= 0.3 is 0 Å². The topological polar surface area (TPSA) is 72.2 Å².